The summed E-state index contributed by atoms with van der Waals surface area (Å²) in [7, 11) is -2.13. The number of hydrogen-bond donors (Lipinski definition) is 2. The molecule has 1 heterocycles. The SMILES string of the molecule is CNS(=O)(=O)c1ccc(C(=O)NC2CCN(Cc3ccccc3)C2)cc1. The fourth-order valence-corrected chi connectivity index (χ4v) is 3.84. The second-order valence-corrected chi connectivity index (χ2v) is 8.30. The molecule has 0 aliphatic carbocycles. The van der Waals surface area contributed by atoms with Gasteiger partial charge in [0.05, 0.1) is 4.90 Å². The molecule has 3 rings (SSSR count). The summed E-state index contributed by atoms with van der Waals surface area (Å²) < 4.78 is 25.7. The summed E-state index contributed by atoms with van der Waals surface area (Å²) in [4.78, 5) is 14.9. The van der Waals surface area contributed by atoms with E-state index in [9.17, 15) is 13.2 Å². The van der Waals surface area contributed by atoms with Crippen LogP contribution in [-0.2, 0) is 16.6 Å². The summed E-state index contributed by atoms with van der Waals surface area (Å²) in [5.74, 6) is -0.176. The highest BCUT2D eigenvalue weighted by molar-refractivity contribution is 7.89. The fraction of sp³-hybridized carbons (Fsp3) is 0.316. The molecule has 1 atom stereocenters. The quantitative estimate of drug-likeness (QED) is 0.806. The number of hydrogen-bond acceptors (Lipinski definition) is 4. The summed E-state index contributed by atoms with van der Waals surface area (Å²) in [5.41, 5.74) is 1.72. The highest BCUT2D eigenvalue weighted by Gasteiger charge is 2.24. The predicted molar refractivity (Wildman–Crippen MR) is 100 cm³/mol. The maximum absolute atomic E-state index is 12.4. The Balaban J connectivity index is 1.55. The van der Waals surface area contributed by atoms with Crippen molar-refractivity contribution in [3.05, 3.63) is 65.7 Å². The average molecular weight is 373 g/mol. The highest BCUT2D eigenvalue weighted by atomic mass is 32.2. The van der Waals surface area contributed by atoms with Crippen LogP contribution in [-0.4, -0.2) is 45.4 Å². The lowest BCUT2D eigenvalue weighted by Crippen LogP contribution is -2.37. The van der Waals surface area contributed by atoms with Gasteiger partial charge in [0.1, 0.15) is 0 Å². The van der Waals surface area contributed by atoms with Gasteiger partial charge in [0.15, 0.2) is 0 Å². The molecular formula is C19H23N3O3S. The lowest BCUT2D eigenvalue weighted by Gasteiger charge is -2.17. The zero-order chi connectivity index (χ0) is 18.6. The van der Waals surface area contributed by atoms with E-state index in [1.165, 1.54) is 36.9 Å². The second-order valence-electron chi connectivity index (χ2n) is 6.41. The summed E-state index contributed by atoms with van der Waals surface area (Å²) in [6.07, 6.45) is 0.908. The lowest BCUT2D eigenvalue weighted by atomic mass is 10.2. The van der Waals surface area contributed by atoms with Crippen molar-refractivity contribution < 1.29 is 13.2 Å². The highest BCUT2D eigenvalue weighted by Crippen LogP contribution is 2.15. The number of rotatable bonds is 6. The van der Waals surface area contributed by atoms with Crippen LogP contribution in [0, 0.1) is 0 Å². The van der Waals surface area contributed by atoms with E-state index in [1.807, 2.05) is 18.2 Å². The molecule has 138 valence electrons. The van der Waals surface area contributed by atoms with Crippen molar-refractivity contribution >= 4 is 15.9 Å². The average Bonchev–Trinajstić information content (AvgIpc) is 3.09. The molecule has 2 aromatic carbocycles. The Kier molecular flexibility index (Phi) is 5.70. The van der Waals surface area contributed by atoms with Gasteiger partial charge in [0, 0.05) is 31.2 Å². The number of sulfonamides is 1. The minimum absolute atomic E-state index is 0.104. The predicted octanol–water partition coefficient (Wildman–Crippen LogP) is 1.60. The number of carbonyl (C=O) groups is 1. The molecule has 1 amide bonds. The van der Waals surface area contributed by atoms with Gasteiger partial charge in [-0.15, -0.1) is 0 Å². The van der Waals surface area contributed by atoms with E-state index in [1.54, 1.807) is 0 Å². The maximum atomic E-state index is 12.4. The Morgan fingerprint density at radius 3 is 2.46 bits per heavy atom. The number of nitrogens with zero attached hydrogens (tertiary/aromatic N) is 1. The van der Waals surface area contributed by atoms with Crippen LogP contribution in [0.4, 0.5) is 0 Å². The molecule has 0 radical (unpaired) electrons. The van der Waals surface area contributed by atoms with Gasteiger partial charge < -0.3 is 5.32 Å². The van der Waals surface area contributed by atoms with Crippen LogP contribution in [0.1, 0.15) is 22.3 Å². The first-order chi connectivity index (χ1) is 12.5. The Hall–Kier alpha value is -2.22. The Bertz CT molecular complexity index is 851. The number of amides is 1. The number of carbonyl (C=O) groups excluding carboxylic acids is 1. The van der Waals surface area contributed by atoms with E-state index in [2.05, 4.69) is 27.1 Å². The number of benzene rings is 2. The van der Waals surface area contributed by atoms with Gasteiger partial charge in [-0.25, -0.2) is 13.1 Å². The zero-order valence-corrected chi connectivity index (χ0v) is 15.5. The Morgan fingerprint density at radius 1 is 1.12 bits per heavy atom. The molecule has 1 aliphatic heterocycles. The van der Waals surface area contributed by atoms with Crippen molar-refractivity contribution in [3.63, 3.8) is 0 Å². The minimum atomic E-state index is -3.49. The molecule has 0 aromatic heterocycles. The third-order valence-corrected chi connectivity index (χ3v) is 5.98. The van der Waals surface area contributed by atoms with Gasteiger partial charge in [-0.3, -0.25) is 9.69 Å². The molecule has 0 spiro atoms. The van der Waals surface area contributed by atoms with Crippen molar-refractivity contribution in [2.45, 2.75) is 23.9 Å². The lowest BCUT2D eigenvalue weighted by molar-refractivity contribution is 0.0937. The molecule has 2 aromatic rings. The third-order valence-electron chi connectivity index (χ3n) is 4.55. The molecular weight excluding hydrogens is 350 g/mol. The zero-order valence-electron chi connectivity index (χ0n) is 14.7. The Morgan fingerprint density at radius 2 is 1.81 bits per heavy atom. The van der Waals surface area contributed by atoms with Crippen LogP contribution in [0.25, 0.3) is 0 Å². The van der Waals surface area contributed by atoms with Crippen LogP contribution in [0.15, 0.2) is 59.5 Å². The van der Waals surface area contributed by atoms with Gasteiger partial charge in [0.2, 0.25) is 10.0 Å². The van der Waals surface area contributed by atoms with E-state index >= 15 is 0 Å². The molecule has 0 saturated carbocycles. The van der Waals surface area contributed by atoms with Gasteiger partial charge in [-0.05, 0) is 43.3 Å². The number of likely N-dealkylation sites (tertiary alicyclic amines) is 1. The van der Waals surface area contributed by atoms with Crippen LogP contribution in [0.2, 0.25) is 0 Å². The van der Waals surface area contributed by atoms with Crippen LogP contribution < -0.4 is 10.0 Å². The van der Waals surface area contributed by atoms with Crippen LogP contribution >= 0.6 is 0 Å². The van der Waals surface area contributed by atoms with Gasteiger partial charge in [-0.1, -0.05) is 30.3 Å². The maximum Gasteiger partial charge on any atom is 0.251 e. The van der Waals surface area contributed by atoms with E-state index < -0.39 is 10.0 Å². The second kappa shape index (κ2) is 7.99. The molecule has 0 bridgehead atoms. The van der Waals surface area contributed by atoms with E-state index in [0.717, 1.165) is 26.1 Å². The van der Waals surface area contributed by atoms with Crippen LogP contribution in [0.3, 0.4) is 0 Å². The third kappa shape index (κ3) is 4.49. The first-order valence-electron chi connectivity index (χ1n) is 8.59. The molecule has 1 unspecified atom stereocenters. The molecule has 2 N–H and O–H groups in total. The summed E-state index contributed by atoms with van der Waals surface area (Å²) in [6, 6.07) is 16.3. The topological polar surface area (TPSA) is 78.5 Å². The summed E-state index contributed by atoms with van der Waals surface area (Å²) in [6.45, 7) is 2.63. The normalized spacial score (nSPS) is 18.0. The summed E-state index contributed by atoms with van der Waals surface area (Å²) >= 11 is 0. The standard InChI is InChI=1S/C19H23N3O3S/c1-20-26(24,25)18-9-7-16(8-10-18)19(23)21-17-11-12-22(14-17)13-15-5-3-2-4-6-15/h2-10,17,20H,11-14H2,1H3,(H,21,23). The Labute approximate surface area is 154 Å². The van der Waals surface area contributed by atoms with E-state index in [-0.39, 0.29) is 16.8 Å². The van der Waals surface area contributed by atoms with Crippen molar-refractivity contribution in [2.24, 2.45) is 0 Å². The molecule has 7 heteroatoms. The number of nitrogens with one attached hydrogen (secondary N) is 2. The smallest absolute Gasteiger partial charge is 0.251 e. The molecule has 26 heavy (non-hydrogen) atoms. The van der Waals surface area contributed by atoms with Crippen molar-refractivity contribution in [3.8, 4) is 0 Å². The first-order valence-corrected chi connectivity index (χ1v) is 10.1. The minimum Gasteiger partial charge on any atom is -0.348 e. The largest absolute Gasteiger partial charge is 0.348 e. The van der Waals surface area contributed by atoms with Gasteiger partial charge in [0.25, 0.3) is 5.91 Å². The molecule has 6 nitrogen and oxygen atoms in total. The van der Waals surface area contributed by atoms with Crippen molar-refractivity contribution in [1.82, 2.24) is 14.9 Å². The van der Waals surface area contributed by atoms with Crippen LogP contribution in [0.5, 0.6) is 0 Å². The molecule has 1 fully saturated rings. The summed E-state index contributed by atoms with van der Waals surface area (Å²) in [5, 5.41) is 3.04. The fourth-order valence-electron chi connectivity index (χ4n) is 3.11. The van der Waals surface area contributed by atoms with Gasteiger partial charge >= 0.3 is 0 Å². The monoisotopic (exact) mass is 373 g/mol. The van der Waals surface area contributed by atoms with E-state index in [0.29, 0.717) is 5.56 Å². The molecule has 1 aliphatic rings. The van der Waals surface area contributed by atoms with Gasteiger partial charge in [-0.2, -0.15) is 0 Å². The van der Waals surface area contributed by atoms with E-state index in [4.69, 9.17) is 0 Å². The first kappa shape index (κ1) is 18.6. The van der Waals surface area contributed by atoms with Crippen molar-refractivity contribution in [1.29, 1.82) is 0 Å². The van der Waals surface area contributed by atoms with Crippen molar-refractivity contribution in [2.75, 3.05) is 20.1 Å². The molecule has 1 saturated heterocycles.